The Morgan fingerprint density at radius 2 is 1.65 bits per heavy atom. The summed E-state index contributed by atoms with van der Waals surface area (Å²) in [6.07, 6.45) is 6.87. The van der Waals surface area contributed by atoms with Crippen LogP contribution in [0.3, 0.4) is 0 Å². The van der Waals surface area contributed by atoms with Crippen LogP contribution in [0.1, 0.15) is 48.9 Å². The third-order valence-corrected chi connectivity index (χ3v) is 6.33. The highest BCUT2D eigenvalue weighted by Gasteiger charge is 2.54. The molecule has 1 aromatic carbocycles. The molecule has 0 amide bonds. The van der Waals surface area contributed by atoms with Gasteiger partial charge in [0.2, 0.25) is 0 Å². The van der Waals surface area contributed by atoms with Gasteiger partial charge in [-0.15, -0.1) is 0 Å². The summed E-state index contributed by atoms with van der Waals surface area (Å²) in [6.45, 7) is 0. The van der Waals surface area contributed by atoms with Crippen LogP contribution in [0.4, 0.5) is 4.39 Å². The van der Waals surface area contributed by atoms with E-state index in [1.165, 1.54) is 19.3 Å². The maximum Gasteiger partial charge on any atom is 0.172 e. The number of Topliss-reactive ketones (excluding diaryl/α,β-unsaturated/α-hetero) is 1. The summed E-state index contributed by atoms with van der Waals surface area (Å²) in [4.78, 5) is 13.0. The van der Waals surface area contributed by atoms with Crippen molar-refractivity contribution in [2.45, 2.75) is 38.5 Å². The predicted octanol–water partition coefficient (Wildman–Crippen LogP) is 4.99. The van der Waals surface area contributed by atoms with Crippen molar-refractivity contribution < 1.29 is 9.18 Å². The van der Waals surface area contributed by atoms with E-state index in [2.05, 4.69) is 15.9 Å². The lowest BCUT2D eigenvalue weighted by molar-refractivity contribution is -0.0355. The highest BCUT2D eigenvalue weighted by Crippen LogP contribution is 2.61. The van der Waals surface area contributed by atoms with Crippen LogP contribution in [-0.4, -0.2) is 5.78 Å². The standard InChI is InChI=1S/C17H18BrFO/c18-14-3-1-2-13(15(14)19)16(20)17-7-10-4-11(8-17)6-12(5-10)9-17/h1-3,10-12H,4-9H2. The first-order chi connectivity index (χ1) is 9.57. The lowest BCUT2D eigenvalue weighted by Crippen LogP contribution is -2.50. The van der Waals surface area contributed by atoms with Gasteiger partial charge in [0.05, 0.1) is 10.0 Å². The highest BCUT2D eigenvalue weighted by molar-refractivity contribution is 9.10. The van der Waals surface area contributed by atoms with E-state index in [4.69, 9.17) is 0 Å². The Labute approximate surface area is 127 Å². The minimum Gasteiger partial charge on any atom is -0.293 e. The Hall–Kier alpha value is -0.700. The van der Waals surface area contributed by atoms with Crippen molar-refractivity contribution in [2.75, 3.05) is 0 Å². The number of carbonyl (C=O) groups is 1. The van der Waals surface area contributed by atoms with Crippen LogP contribution in [0.15, 0.2) is 22.7 Å². The Kier molecular flexibility index (Phi) is 2.86. The molecule has 0 heterocycles. The van der Waals surface area contributed by atoms with Crippen molar-refractivity contribution in [3.05, 3.63) is 34.1 Å². The van der Waals surface area contributed by atoms with E-state index in [0.29, 0.717) is 27.8 Å². The van der Waals surface area contributed by atoms with Crippen LogP contribution < -0.4 is 0 Å². The molecule has 4 aliphatic rings. The first-order valence-corrected chi connectivity index (χ1v) is 8.35. The van der Waals surface area contributed by atoms with Crippen molar-refractivity contribution in [3.63, 3.8) is 0 Å². The molecule has 0 atom stereocenters. The lowest BCUT2D eigenvalue weighted by atomic mass is 9.48. The van der Waals surface area contributed by atoms with E-state index in [0.717, 1.165) is 19.3 Å². The lowest BCUT2D eigenvalue weighted by Gasteiger charge is -2.56. The minimum atomic E-state index is -0.381. The molecule has 0 unspecified atom stereocenters. The maximum absolute atomic E-state index is 14.3. The number of hydrogen-bond acceptors (Lipinski definition) is 1. The number of hydrogen-bond donors (Lipinski definition) is 0. The van der Waals surface area contributed by atoms with Crippen LogP contribution in [0, 0.1) is 29.0 Å². The summed E-state index contributed by atoms with van der Waals surface area (Å²) in [7, 11) is 0. The molecular weight excluding hydrogens is 319 g/mol. The van der Waals surface area contributed by atoms with E-state index in [1.807, 2.05) is 0 Å². The molecule has 4 fully saturated rings. The van der Waals surface area contributed by atoms with Crippen LogP contribution in [0.25, 0.3) is 0 Å². The van der Waals surface area contributed by atoms with Crippen molar-refractivity contribution in [1.29, 1.82) is 0 Å². The maximum atomic E-state index is 14.3. The predicted molar refractivity (Wildman–Crippen MR) is 79.0 cm³/mol. The molecule has 0 N–H and O–H groups in total. The molecule has 3 heteroatoms. The molecular formula is C17H18BrFO. The van der Waals surface area contributed by atoms with Crippen LogP contribution in [0.5, 0.6) is 0 Å². The summed E-state index contributed by atoms with van der Waals surface area (Å²) in [5.74, 6) is 1.81. The van der Waals surface area contributed by atoms with Gasteiger partial charge in [-0.3, -0.25) is 4.79 Å². The molecule has 4 saturated carbocycles. The highest BCUT2D eigenvalue weighted by atomic mass is 79.9. The molecule has 0 aromatic heterocycles. The molecule has 20 heavy (non-hydrogen) atoms. The zero-order valence-electron chi connectivity index (χ0n) is 11.4. The quantitative estimate of drug-likeness (QED) is 0.695. The SMILES string of the molecule is O=C(c1cccc(Br)c1F)C12CC3CC(CC(C3)C1)C2. The van der Waals surface area contributed by atoms with Gasteiger partial charge < -0.3 is 0 Å². The molecule has 0 radical (unpaired) electrons. The molecule has 1 nitrogen and oxygen atoms in total. The zero-order chi connectivity index (χ0) is 13.9. The zero-order valence-corrected chi connectivity index (χ0v) is 13.0. The second-order valence-electron chi connectivity index (χ2n) is 7.13. The molecule has 0 saturated heterocycles. The first-order valence-electron chi connectivity index (χ1n) is 7.56. The average molecular weight is 337 g/mol. The van der Waals surface area contributed by atoms with Crippen LogP contribution >= 0.6 is 15.9 Å². The van der Waals surface area contributed by atoms with E-state index < -0.39 is 0 Å². The molecule has 0 spiro atoms. The summed E-state index contributed by atoms with van der Waals surface area (Å²) in [5, 5.41) is 0. The van der Waals surface area contributed by atoms with Crippen molar-refractivity contribution >= 4 is 21.7 Å². The van der Waals surface area contributed by atoms with Crippen LogP contribution in [0.2, 0.25) is 0 Å². The number of halogens is 2. The fourth-order valence-electron chi connectivity index (χ4n) is 5.35. The largest absolute Gasteiger partial charge is 0.293 e. The van der Waals surface area contributed by atoms with E-state index in [9.17, 15) is 9.18 Å². The topological polar surface area (TPSA) is 17.1 Å². The second kappa shape index (κ2) is 4.40. The second-order valence-corrected chi connectivity index (χ2v) is 7.98. The van der Waals surface area contributed by atoms with Gasteiger partial charge in [-0.05, 0) is 84.3 Å². The molecule has 5 rings (SSSR count). The monoisotopic (exact) mass is 336 g/mol. The smallest absolute Gasteiger partial charge is 0.172 e. The van der Waals surface area contributed by atoms with Gasteiger partial charge >= 0.3 is 0 Å². The number of benzene rings is 1. The van der Waals surface area contributed by atoms with Gasteiger partial charge in [-0.2, -0.15) is 0 Å². The number of carbonyl (C=O) groups excluding carboxylic acids is 1. The fourth-order valence-corrected chi connectivity index (χ4v) is 5.72. The van der Waals surface area contributed by atoms with Crippen molar-refractivity contribution in [2.24, 2.45) is 23.2 Å². The third-order valence-electron chi connectivity index (χ3n) is 5.72. The Morgan fingerprint density at radius 1 is 1.10 bits per heavy atom. The first kappa shape index (κ1) is 13.0. The molecule has 1 aromatic rings. The summed E-state index contributed by atoms with van der Waals surface area (Å²) < 4.78 is 14.7. The van der Waals surface area contributed by atoms with E-state index in [-0.39, 0.29) is 17.0 Å². The number of ketones is 1. The van der Waals surface area contributed by atoms with Gasteiger partial charge in [0.25, 0.3) is 0 Å². The third kappa shape index (κ3) is 1.82. The fraction of sp³-hybridized carbons (Fsp3) is 0.588. The summed E-state index contributed by atoms with van der Waals surface area (Å²) in [5.41, 5.74) is 0.0393. The summed E-state index contributed by atoms with van der Waals surface area (Å²) in [6, 6.07) is 5.08. The Balaban J connectivity index is 1.73. The average Bonchev–Trinajstić information content (AvgIpc) is 2.39. The van der Waals surface area contributed by atoms with Gasteiger partial charge in [0.1, 0.15) is 5.82 Å². The van der Waals surface area contributed by atoms with E-state index >= 15 is 0 Å². The van der Waals surface area contributed by atoms with Crippen molar-refractivity contribution in [3.8, 4) is 0 Å². The Morgan fingerprint density at radius 3 is 2.20 bits per heavy atom. The normalized spacial score (nSPS) is 38.2. The molecule has 4 aliphatic carbocycles. The van der Waals surface area contributed by atoms with Gasteiger partial charge in [0.15, 0.2) is 5.78 Å². The van der Waals surface area contributed by atoms with Gasteiger partial charge in [-0.25, -0.2) is 4.39 Å². The Bertz CT molecular complexity index is 545. The van der Waals surface area contributed by atoms with E-state index in [1.54, 1.807) is 18.2 Å². The minimum absolute atomic E-state index is 0.0652. The van der Waals surface area contributed by atoms with Gasteiger partial charge in [0, 0.05) is 5.41 Å². The van der Waals surface area contributed by atoms with Crippen molar-refractivity contribution in [1.82, 2.24) is 0 Å². The number of rotatable bonds is 2. The van der Waals surface area contributed by atoms with Crippen LogP contribution in [-0.2, 0) is 0 Å². The van der Waals surface area contributed by atoms with Gasteiger partial charge in [-0.1, -0.05) is 6.07 Å². The molecule has 0 aliphatic heterocycles. The molecule has 4 bridgehead atoms. The summed E-state index contributed by atoms with van der Waals surface area (Å²) >= 11 is 3.20. The molecule has 106 valence electrons.